The first-order chi connectivity index (χ1) is 9.34. The molecule has 0 unspecified atom stereocenters. The third kappa shape index (κ3) is 2.67. The lowest BCUT2D eigenvalue weighted by Gasteiger charge is -2.26. The van der Waals surface area contributed by atoms with Gasteiger partial charge in [-0.3, -0.25) is 4.79 Å². The van der Waals surface area contributed by atoms with Crippen molar-refractivity contribution in [1.29, 1.82) is 0 Å². The summed E-state index contributed by atoms with van der Waals surface area (Å²) in [7, 11) is 1.65. The third-order valence-electron chi connectivity index (χ3n) is 4.78. The molecule has 1 N–H and O–H groups in total. The van der Waals surface area contributed by atoms with Crippen LogP contribution in [0.5, 0.6) is 5.75 Å². The summed E-state index contributed by atoms with van der Waals surface area (Å²) in [6.45, 7) is 6.61. The smallest absolute Gasteiger partial charge is 0.304 e. The molecule has 1 fully saturated rings. The van der Waals surface area contributed by atoms with Gasteiger partial charge in [-0.15, -0.1) is 0 Å². The van der Waals surface area contributed by atoms with E-state index in [2.05, 4.69) is 32.9 Å². The first kappa shape index (κ1) is 14.9. The molecule has 0 spiro atoms. The van der Waals surface area contributed by atoms with Crippen molar-refractivity contribution in [3.63, 3.8) is 0 Å². The van der Waals surface area contributed by atoms with Gasteiger partial charge < -0.3 is 9.84 Å². The van der Waals surface area contributed by atoms with Crippen molar-refractivity contribution in [3.8, 4) is 5.75 Å². The number of rotatable bonds is 6. The molecule has 0 radical (unpaired) electrons. The van der Waals surface area contributed by atoms with Crippen LogP contribution in [-0.2, 0) is 15.6 Å². The molecular formula is C17H24O3. The maximum Gasteiger partial charge on any atom is 0.304 e. The second-order valence-corrected chi connectivity index (χ2v) is 6.50. The van der Waals surface area contributed by atoms with Crippen molar-refractivity contribution in [2.24, 2.45) is 0 Å². The fraction of sp³-hybridized carbons (Fsp3) is 0.588. The van der Waals surface area contributed by atoms with Crippen LogP contribution in [-0.4, -0.2) is 18.2 Å². The van der Waals surface area contributed by atoms with Crippen molar-refractivity contribution in [2.45, 2.75) is 57.3 Å². The standard InChI is InChI=1S/C17H24O3/c1-5-16(2,3)12-6-7-14(20-4)13(10-12)17(8-9-17)11-15(18)19/h6-7,10H,5,8-9,11H2,1-4H3,(H,18,19). The average Bonchev–Trinajstić information content (AvgIpc) is 3.17. The Morgan fingerprint density at radius 3 is 2.50 bits per heavy atom. The number of ether oxygens (including phenoxy) is 1. The van der Waals surface area contributed by atoms with E-state index in [4.69, 9.17) is 9.84 Å². The minimum atomic E-state index is -0.732. The highest BCUT2D eigenvalue weighted by Gasteiger charge is 2.48. The van der Waals surface area contributed by atoms with E-state index in [9.17, 15) is 4.79 Å². The minimum absolute atomic E-state index is 0.0975. The van der Waals surface area contributed by atoms with Gasteiger partial charge in [-0.2, -0.15) is 0 Å². The van der Waals surface area contributed by atoms with E-state index >= 15 is 0 Å². The number of methoxy groups -OCH3 is 1. The Morgan fingerprint density at radius 2 is 2.05 bits per heavy atom. The SMILES string of the molecule is CCC(C)(C)c1ccc(OC)c(C2(CC(=O)O)CC2)c1. The fourth-order valence-corrected chi connectivity index (χ4v) is 2.73. The fourth-order valence-electron chi connectivity index (χ4n) is 2.73. The first-order valence-corrected chi connectivity index (χ1v) is 7.25. The Morgan fingerprint density at radius 1 is 1.40 bits per heavy atom. The van der Waals surface area contributed by atoms with Gasteiger partial charge in [0.2, 0.25) is 0 Å². The van der Waals surface area contributed by atoms with Crippen LogP contribution < -0.4 is 4.74 Å². The molecular weight excluding hydrogens is 252 g/mol. The Balaban J connectivity index is 2.45. The Labute approximate surface area is 121 Å². The van der Waals surface area contributed by atoms with E-state index in [0.717, 1.165) is 30.6 Å². The van der Waals surface area contributed by atoms with Gasteiger partial charge in [-0.25, -0.2) is 0 Å². The molecule has 1 saturated carbocycles. The highest BCUT2D eigenvalue weighted by molar-refractivity contribution is 5.70. The first-order valence-electron chi connectivity index (χ1n) is 7.25. The summed E-state index contributed by atoms with van der Waals surface area (Å²) in [5.74, 6) is 0.0871. The summed E-state index contributed by atoms with van der Waals surface area (Å²) >= 11 is 0. The maximum atomic E-state index is 11.1. The van der Waals surface area contributed by atoms with Crippen molar-refractivity contribution in [2.75, 3.05) is 7.11 Å². The van der Waals surface area contributed by atoms with Gasteiger partial charge in [0.1, 0.15) is 5.75 Å². The number of benzene rings is 1. The van der Waals surface area contributed by atoms with Crippen molar-refractivity contribution >= 4 is 5.97 Å². The van der Waals surface area contributed by atoms with Gasteiger partial charge in [-0.1, -0.05) is 32.9 Å². The van der Waals surface area contributed by atoms with Gasteiger partial charge in [0.15, 0.2) is 0 Å². The van der Waals surface area contributed by atoms with Gasteiger partial charge in [0, 0.05) is 11.0 Å². The van der Waals surface area contributed by atoms with Crippen molar-refractivity contribution < 1.29 is 14.6 Å². The molecule has 110 valence electrons. The molecule has 1 aromatic rings. The van der Waals surface area contributed by atoms with E-state index in [1.807, 2.05) is 6.07 Å². The summed E-state index contributed by atoms with van der Waals surface area (Å²) in [5, 5.41) is 9.15. The number of carbonyl (C=O) groups is 1. The zero-order valence-corrected chi connectivity index (χ0v) is 12.8. The second-order valence-electron chi connectivity index (χ2n) is 6.50. The number of aliphatic carboxylic acids is 1. The quantitative estimate of drug-likeness (QED) is 0.857. The van der Waals surface area contributed by atoms with Crippen molar-refractivity contribution in [3.05, 3.63) is 29.3 Å². The Kier molecular flexibility index (Phi) is 3.81. The highest BCUT2D eigenvalue weighted by atomic mass is 16.5. The molecule has 3 nitrogen and oxygen atoms in total. The molecule has 0 aliphatic heterocycles. The predicted octanol–water partition coefficient (Wildman–Crippen LogP) is 3.89. The molecule has 0 heterocycles. The summed E-state index contributed by atoms with van der Waals surface area (Å²) in [6.07, 6.45) is 3.11. The van der Waals surface area contributed by atoms with E-state index in [1.165, 1.54) is 5.56 Å². The van der Waals surface area contributed by atoms with Crippen LogP contribution in [0.1, 0.15) is 57.6 Å². The normalized spacial score (nSPS) is 16.8. The summed E-state index contributed by atoms with van der Waals surface area (Å²) in [4.78, 5) is 11.1. The van der Waals surface area contributed by atoms with Gasteiger partial charge in [0.25, 0.3) is 0 Å². The number of hydrogen-bond acceptors (Lipinski definition) is 2. The van der Waals surface area contributed by atoms with Crippen LogP contribution in [0, 0.1) is 0 Å². The van der Waals surface area contributed by atoms with Gasteiger partial charge in [0.05, 0.1) is 13.5 Å². The highest BCUT2D eigenvalue weighted by Crippen LogP contribution is 2.54. The molecule has 0 saturated heterocycles. The second kappa shape index (κ2) is 5.12. The molecule has 2 rings (SSSR count). The van der Waals surface area contributed by atoms with E-state index in [0.29, 0.717) is 0 Å². The molecule has 20 heavy (non-hydrogen) atoms. The van der Waals surface area contributed by atoms with Crippen LogP contribution in [0.2, 0.25) is 0 Å². The molecule has 3 heteroatoms. The summed E-state index contributed by atoms with van der Waals surface area (Å²) in [5.41, 5.74) is 2.21. The van der Waals surface area contributed by atoms with Crippen LogP contribution in [0.15, 0.2) is 18.2 Å². The maximum absolute atomic E-state index is 11.1. The minimum Gasteiger partial charge on any atom is -0.496 e. The van der Waals surface area contributed by atoms with Crippen LogP contribution in [0.3, 0.4) is 0 Å². The lowest BCUT2D eigenvalue weighted by Crippen LogP contribution is -2.19. The summed E-state index contributed by atoms with van der Waals surface area (Å²) in [6, 6.07) is 6.25. The Hall–Kier alpha value is -1.51. The van der Waals surface area contributed by atoms with E-state index in [-0.39, 0.29) is 17.3 Å². The number of hydrogen-bond donors (Lipinski definition) is 1. The predicted molar refractivity (Wildman–Crippen MR) is 79.5 cm³/mol. The zero-order valence-electron chi connectivity index (χ0n) is 12.8. The molecule has 0 atom stereocenters. The number of carboxylic acid groups (broad SMARTS) is 1. The molecule has 1 aliphatic carbocycles. The lowest BCUT2D eigenvalue weighted by atomic mass is 9.79. The largest absolute Gasteiger partial charge is 0.496 e. The zero-order chi connectivity index (χ0) is 15.0. The van der Waals surface area contributed by atoms with Gasteiger partial charge in [-0.05, 0) is 36.3 Å². The third-order valence-corrected chi connectivity index (χ3v) is 4.78. The topological polar surface area (TPSA) is 46.5 Å². The van der Waals surface area contributed by atoms with E-state index in [1.54, 1.807) is 7.11 Å². The van der Waals surface area contributed by atoms with E-state index < -0.39 is 5.97 Å². The van der Waals surface area contributed by atoms with Crippen molar-refractivity contribution in [1.82, 2.24) is 0 Å². The van der Waals surface area contributed by atoms with Crippen LogP contribution in [0.4, 0.5) is 0 Å². The molecule has 0 aromatic heterocycles. The molecule has 1 aromatic carbocycles. The van der Waals surface area contributed by atoms with Crippen LogP contribution >= 0.6 is 0 Å². The molecule has 1 aliphatic rings. The Bertz CT molecular complexity index is 513. The average molecular weight is 276 g/mol. The monoisotopic (exact) mass is 276 g/mol. The summed E-state index contributed by atoms with van der Waals surface area (Å²) < 4.78 is 5.46. The van der Waals surface area contributed by atoms with Gasteiger partial charge >= 0.3 is 5.97 Å². The molecule has 0 bridgehead atoms. The number of carboxylic acids is 1. The van der Waals surface area contributed by atoms with Crippen LogP contribution in [0.25, 0.3) is 0 Å². The lowest BCUT2D eigenvalue weighted by molar-refractivity contribution is -0.137. The molecule has 0 amide bonds.